The van der Waals surface area contributed by atoms with Crippen molar-refractivity contribution in [3.05, 3.63) is 60.0 Å². The Morgan fingerprint density at radius 2 is 1.96 bits per heavy atom. The number of hydrogen-bond donors (Lipinski definition) is 0. The van der Waals surface area contributed by atoms with E-state index in [9.17, 15) is 0 Å². The Hall–Kier alpha value is -2.82. The van der Waals surface area contributed by atoms with Gasteiger partial charge in [0.2, 0.25) is 11.7 Å². The van der Waals surface area contributed by atoms with Crippen molar-refractivity contribution in [2.75, 3.05) is 12.0 Å². The van der Waals surface area contributed by atoms with Crippen molar-refractivity contribution >= 4 is 5.69 Å². The second-order valence-electron chi connectivity index (χ2n) is 6.36. The third-order valence-corrected chi connectivity index (χ3v) is 4.79. The Morgan fingerprint density at radius 3 is 2.84 bits per heavy atom. The molecular weight excluding hydrogens is 314 g/mol. The maximum Gasteiger partial charge on any atom is 0.246 e. The number of aromatic nitrogens is 2. The lowest BCUT2D eigenvalue weighted by Crippen LogP contribution is -2.36. The molecule has 0 aliphatic carbocycles. The van der Waals surface area contributed by atoms with E-state index in [2.05, 4.69) is 46.2 Å². The summed E-state index contributed by atoms with van der Waals surface area (Å²) in [5.74, 6) is 1.92. The Kier molecular flexibility index (Phi) is 4.14. The van der Waals surface area contributed by atoms with Crippen molar-refractivity contribution in [2.45, 2.75) is 32.4 Å². The van der Waals surface area contributed by atoms with E-state index >= 15 is 0 Å². The van der Waals surface area contributed by atoms with Gasteiger partial charge in [0, 0.05) is 11.7 Å². The molecule has 2 heterocycles. The van der Waals surface area contributed by atoms with Gasteiger partial charge in [0.25, 0.3) is 0 Å². The van der Waals surface area contributed by atoms with Crippen LogP contribution in [0.4, 0.5) is 5.69 Å². The normalized spacial score (nSPS) is 16.6. The first-order valence-electron chi connectivity index (χ1n) is 8.57. The van der Waals surface area contributed by atoms with Crippen LogP contribution in [0.5, 0.6) is 5.75 Å². The number of benzene rings is 2. The number of aryl methyl sites for hydroxylation is 1. The van der Waals surface area contributed by atoms with Crippen molar-refractivity contribution in [1.29, 1.82) is 0 Å². The van der Waals surface area contributed by atoms with Crippen LogP contribution in [0.2, 0.25) is 0 Å². The smallest absolute Gasteiger partial charge is 0.246 e. The summed E-state index contributed by atoms with van der Waals surface area (Å²) < 4.78 is 10.9. The molecule has 25 heavy (non-hydrogen) atoms. The van der Waals surface area contributed by atoms with Gasteiger partial charge in [0.15, 0.2) is 0 Å². The van der Waals surface area contributed by atoms with Gasteiger partial charge < -0.3 is 14.2 Å². The molecule has 1 aliphatic rings. The lowest BCUT2D eigenvalue weighted by molar-refractivity contribution is 0.369. The van der Waals surface area contributed by atoms with E-state index in [1.54, 1.807) is 7.11 Å². The lowest BCUT2D eigenvalue weighted by atomic mass is 9.97. The zero-order chi connectivity index (χ0) is 17.2. The van der Waals surface area contributed by atoms with Crippen molar-refractivity contribution in [2.24, 2.45) is 0 Å². The standard InChI is InChI=1S/C20H21N3O2/c1-14-11-12-15-7-3-5-9-17(15)23(14)13-19-21-20(22-25-19)16-8-4-6-10-18(16)24-2/h3-10,14H,11-13H2,1-2H3/t14-/m1/s1. The van der Waals surface area contributed by atoms with Crippen LogP contribution < -0.4 is 9.64 Å². The van der Waals surface area contributed by atoms with Gasteiger partial charge in [0.05, 0.1) is 19.2 Å². The summed E-state index contributed by atoms with van der Waals surface area (Å²) in [6, 6.07) is 16.7. The second-order valence-corrected chi connectivity index (χ2v) is 6.36. The predicted molar refractivity (Wildman–Crippen MR) is 96.7 cm³/mol. The van der Waals surface area contributed by atoms with E-state index < -0.39 is 0 Å². The zero-order valence-corrected chi connectivity index (χ0v) is 14.5. The fourth-order valence-electron chi connectivity index (χ4n) is 3.40. The lowest BCUT2D eigenvalue weighted by Gasteiger charge is -2.36. The van der Waals surface area contributed by atoms with Crippen molar-refractivity contribution in [3.63, 3.8) is 0 Å². The minimum absolute atomic E-state index is 0.441. The SMILES string of the molecule is COc1ccccc1-c1noc(CN2c3ccccc3CC[C@H]2C)n1. The molecule has 2 aromatic carbocycles. The molecule has 128 valence electrons. The molecule has 1 atom stereocenters. The van der Waals surface area contributed by atoms with E-state index in [0.29, 0.717) is 24.3 Å². The topological polar surface area (TPSA) is 51.4 Å². The molecule has 0 radical (unpaired) electrons. The molecule has 0 N–H and O–H groups in total. The van der Waals surface area contributed by atoms with Crippen LogP contribution >= 0.6 is 0 Å². The first kappa shape index (κ1) is 15.7. The average Bonchev–Trinajstić information content (AvgIpc) is 3.12. The van der Waals surface area contributed by atoms with Gasteiger partial charge in [-0.2, -0.15) is 4.98 Å². The van der Waals surface area contributed by atoms with E-state index in [1.807, 2.05) is 24.3 Å². The van der Waals surface area contributed by atoms with E-state index in [0.717, 1.165) is 24.2 Å². The molecule has 0 fully saturated rings. The number of nitrogens with zero attached hydrogens (tertiary/aromatic N) is 3. The van der Waals surface area contributed by atoms with Crippen LogP contribution in [0.15, 0.2) is 53.1 Å². The minimum Gasteiger partial charge on any atom is -0.496 e. The molecular formula is C20H21N3O2. The largest absolute Gasteiger partial charge is 0.496 e. The molecule has 0 amide bonds. The number of fused-ring (bicyclic) bond motifs is 1. The van der Waals surface area contributed by atoms with E-state index in [1.165, 1.54) is 11.3 Å². The summed E-state index contributed by atoms with van der Waals surface area (Å²) >= 11 is 0. The van der Waals surface area contributed by atoms with Crippen LogP contribution in [0, 0.1) is 0 Å². The molecule has 4 rings (SSSR count). The predicted octanol–water partition coefficient (Wildman–Crippen LogP) is 4.09. The summed E-state index contributed by atoms with van der Waals surface area (Å²) in [5.41, 5.74) is 3.48. The van der Waals surface area contributed by atoms with Gasteiger partial charge in [-0.15, -0.1) is 0 Å². The van der Waals surface area contributed by atoms with Gasteiger partial charge >= 0.3 is 0 Å². The van der Waals surface area contributed by atoms with Crippen molar-refractivity contribution in [1.82, 2.24) is 10.1 Å². The molecule has 0 saturated carbocycles. The Labute approximate surface area is 147 Å². The van der Waals surface area contributed by atoms with Crippen molar-refractivity contribution in [3.8, 4) is 17.1 Å². The van der Waals surface area contributed by atoms with Crippen LogP contribution in [0.25, 0.3) is 11.4 Å². The maximum atomic E-state index is 5.53. The molecule has 0 bridgehead atoms. The summed E-state index contributed by atoms with van der Waals surface area (Å²) in [6.45, 7) is 2.85. The van der Waals surface area contributed by atoms with Crippen LogP contribution in [-0.4, -0.2) is 23.3 Å². The van der Waals surface area contributed by atoms with Crippen molar-refractivity contribution < 1.29 is 9.26 Å². The number of ether oxygens (including phenoxy) is 1. The third-order valence-electron chi connectivity index (χ3n) is 4.79. The molecule has 5 heteroatoms. The Bertz CT molecular complexity index is 875. The zero-order valence-electron chi connectivity index (χ0n) is 14.5. The minimum atomic E-state index is 0.441. The molecule has 0 saturated heterocycles. The molecule has 3 aromatic rings. The third kappa shape index (κ3) is 2.97. The number of anilines is 1. The summed E-state index contributed by atoms with van der Waals surface area (Å²) in [5, 5.41) is 4.15. The number of hydrogen-bond acceptors (Lipinski definition) is 5. The average molecular weight is 335 g/mol. The maximum absolute atomic E-state index is 5.53. The van der Waals surface area contributed by atoms with Gasteiger partial charge in [-0.3, -0.25) is 0 Å². The first-order valence-corrected chi connectivity index (χ1v) is 8.57. The van der Waals surface area contributed by atoms with Gasteiger partial charge in [-0.05, 0) is 43.5 Å². The fraction of sp³-hybridized carbons (Fsp3) is 0.300. The van der Waals surface area contributed by atoms with Gasteiger partial charge in [-0.1, -0.05) is 35.5 Å². The monoisotopic (exact) mass is 335 g/mol. The Morgan fingerprint density at radius 1 is 1.16 bits per heavy atom. The molecule has 1 aromatic heterocycles. The van der Waals surface area contributed by atoms with Crippen LogP contribution in [0.1, 0.15) is 24.8 Å². The summed E-state index contributed by atoms with van der Waals surface area (Å²) in [6.07, 6.45) is 2.24. The van der Waals surface area contributed by atoms with E-state index in [4.69, 9.17) is 9.26 Å². The van der Waals surface area contributed by atoms with Gasteiger partial charge in [-0.25, -0.2) is 0 Å². The molecule has 5 nitrogen and oxygen atoms in total. The van der Waals surface area contributed by atoms with Crippen LogP contribution in [0.3, 0.4) is 0 Å². The molecule has 0 spiro atoms. The first-order chi connectivity index (χ1) is 12.3. The fourth-order valence-corrected chi connectivity index (χ4v) is 3.40. The highest BCUT2D eigenvalue weighted by atomic mass is 16.5. The molecule has 1 aliphatic heterocycles. The quantitative estimate of drug-likeness (QED) is 0.719. The highest BCUT2D eigenvalue weighted by molar-refractivity contribution is 5.63. The summed E-state index contributed by atoms with van der Waals surface area (Å²) in [4.78, 5) is 6.94. The summed E-state index contributed by atoms with van der Waals surface area (Å²) in [7, 11) is 1.65. The van der Waals surface area contributed by atoms with Gasteiger partial charge in [0.1, 0.15) is 5.75 Å². The highest BCUT2D eigenvalue weighted by Crippen LogP contribution is 2.32. The number of methoxy groups -OCH3 is 1. The highest BCUT2D eigenvalue weighted by Gasteiger charge is 2.25. The van der Waals surface area contributed by atoms with E-state index in [-0.39, 0.29) is 0 Å². The number of para-hydroxylation sites is 2. The second kappa shape index (κ2) is 6.59. The Balaban J connectivity index is 1.62. The van der Waals surface area contributed by atoms with Crippen LogP contribution in [-0.2, 0) is 13.0 Å². The molecule has 0 unspecified atom stereocenters. The number of rotatable bonds is 4.